The van der Waals surface area contributed by atoms with Crippen LogP contribution in [0.5, 0.6) is 0 Å². The number of fused-ring (bicyclic) bond motifs is 5. The van der Waals surface area contributed by atoms with Crippen LogP contribution in [0.3, 0.4) is 0 Å². The van der Waals surface area contributed by atoms with Gasteiger partial charge in [0.15, 0.2) is 0 Å². The van der Waals surface area contributed by atoms with Crippen molar-refractivity contribution in [2.24, 2.45) is 35.3 Å². The molecule has 5 unspecified atom stereocenters. The van der Waals surface area contributed by atoms with Crippen molar-refractivity contribution in [1.29, 1.82) is 0 Å². The van der Waals surface area contributed by atoms with E-state index in [-0.39, 0.29) is 11.9 Å². The van der Waals surface area contributed by atoms with Gasteiger partial charge in [-0.1, -0.05) is 0 Å². The molecule has 0 heterocycles. The van der Waals surface area contributed by atoms with Gasteiger partial charge in [0.1, 0.15) is 0 Å². The Bertz CT molecular complexity index is 336. The fraction of sp³-hybridized carbons (Fsp3) is 0.929. The third-order valence-corrected chi connectivity index (χ3v) is 5.71. The Kier molecular flexibility index (Phi) is 2.11. The van der Waals surface area contributed by atoms with Crippen molar-refractivity contribution in [3.63, 3.8) is 0 Å². The van der Waals surface area contributed by atoms with E-state index in [0.717, 1.165) is 23.7 Å². The minimum absolute atomic E-state index is 0.116. The summed E-state index contributed by atoms with van der Waals surface area (Å²) in [6.45, 7) is 0. The molecule has 94 valence electrons. The third-order valence-electron chi connectivity index (χ3n) is 5.71. The van der Waals surface area contributed by atoms with Gasteiger partial charge in [-0.15, -0.1) is 0 Å². The average Bonchev–Trinajstić information content (AvgIpc) is 3.18. The summed E-state index contributed by atoms with van der Waals surface area (Å²) in [5.74, 6) is 4.41. The van der Waals surface area contributed by atoms with Crippen LogP contribution in [0.4, 0.5) is 0 Å². The Morgan fingerprint density at radius 1 is 1.18 bits per heavy atom. The van der Waals surface area contributed by atoms with Gasteiger partial charge in [0.25, 0.3) is 0 Å². The van der Waals surface area contributed by atoms with Crippen molar-refractivity contribution < 1.29 is 4.79 Å². The zero-order valence-corrected chi connectivity index (χ0v) is 10.3. The second kappa shape index (κ2) is 3.47. The van der Waals surface area contributed by atoms with Crippen molar-refractivity contribution in [2.75, 3.05) is 0 Å². The van der Waals surface area contributed by atoms with E-state index >= 15 is 0 Å². The van der Waals surface area contributed by atoms with Crippen LogP contribution < -0.4 is 11.1 Å². The fourth-order valence-electron chi connectivity index (χ4n) is 4.67. The van der Waals surface area contributed by atoms with Crippen molar-refractivity contribution in [3.8, 4) is 0 Å². The van der Waals surface area contributed by atoms with Crippen molar-refractivity contribution in [1.82, 2.24) is 5.32 Å². The molecule has 4 rings (SSSR count). The van der Waals surface area contributed by atoms with Gasteiger partial charge in [-0.25, -0.2) is 0 Å². The number of rotatable bonds is 4. The van der Waals surface area contributed by atoms with Crippen LogP contribution >= 0.6 is 0 Å². The molecule has 4 aliphatic carbocycles. The molecule has 4 aliphatic rings. The second-order valence-corrected chi connectivity index (χ2v) is 6.79. The predicted molar refractivity (Wildman–Crippen MR) is 65.1 cm³/mol. The van der Waals surface area contributed by atoms with E-state index in [0.29, 0.717) is 18.4 Å². The standard InChI is InChI=1S/C14H22N2O/c15-10(7-1-2-7)6-11(17)16-14-12-8-3-4-9(5-8)13(12)14/h7-10,12-14H,1-6,15H2,(H,16,17). The van der Waals surface area contributed by atoms with Gasteiger partial charge < -0.3 is 11.1 Å². The summed E-state index contributed by atoms with van der Waals surface area (Å²) >= 11 is 0. The molecule has 5 atom stereocenters. The predicted octanol–water partition coefficient (Wildman–Crippen LogP) is 1.27. The van der Waals surface area contributed by atoms with E-state index < -0.39 is 0 Å². The molecule has 17 heavy (non-hydrogen) atoms. The molecular weight excluding hydrogens is 212 g/mol. The first-order valence-electron chi connectivity index (χ1n) is 7.29. The second-order valence-electron chi connectivity index (χ2n) is 6.79. The maximum atomic E-state index is 11.9. The summed E-state index contributed by atoms with van der Waals surface area (Å²) in [6.07, 6.45) is 7.29. The van der Waals surface area contributed by atoms with Crippen molar-refractivity contribution >= 4 is 5.91 Å². The van der Waals surface area contributed by atoms with Crippen LogP contribution in [-0.2, 0) is 4.79 Å². The molecule has 0 aromatic carbocycles. The summed E-state index contributed by atoms with van der Waals surface area (Å²) in [4.78, 5) is 11.9. The normalized spacial score (nSPS) is 47.7. The first kappa shape index (κ1) is 10.4. The minimum atomic E-state index is 0.116. The van der Waals surface area contributed by atoms with Gasteiger partial charge in [0.05, 0.1) is 0 Å². The Morgan fingerprint density at radius 2 is 1.82 bits per heavy atom. The van der Waals surface area contributed by atoms with Crippen LogP contribution in [0, 0.1) is 29.6 Å². The summed E-state index contributed by atoms with van der Waals surface area (Å²) in [5.41, 5.74) is 6.00. The Morgan fingerprint density at radius 3 is 2.41 bits per heavy atom. The molecule has 0 saturated heterocycles. The van der Waals surface area contributed by atoms with E-state index in [2.05, 4.69) is 5.32 Å². The maximum Gasteiger partial charge on any atom is 0.221 e. The van der Waals surface area contributed by atoms with E-state index in [9.17, 15) is 4.79 Å². The molecule has 0 aromatic rings. The lowest BCUT2D eigenvalue weighted by molar-refractivity contribution is -0.121. The Hall–Kier alpha value is -0.570. The third kappa shape index (κ3) is 1.62. The van der Waals surface area contributed by atoms with E-state index in [1.54, 1.807) is 0 Å². The molecule has 2 bridgehead atoms. The van der Waals surface area contributed by atoms with E-state index in [1.165, 1.54) is 32.1 Å². The first-order valence-corrected chi connectivity index (χ1v) is 7.29. The highest BCUT2D eigenvalue weighted by molar-refractivity contribution is 5.77. The lowest BCUT2D eigenvalue weighted by Gasteiger charge is -2.13. The van der Waals surface area contributed by atoms with E-state index in [4.69, 9.17) is 5.73 Å². The molecular formula is C14H22N2O. The van der Waals surface area contributed by atoms with Gasteiger partial charge in [-0.05, 0) is 61.7 Å². The van der Waals surface area contributed by atoms with Crippen molar-refractivity contribution in [3.05, 3.63) is 0 Å². The number of nitrogens with one attached hydrogen (secondary N) is 1. The van der Waals surface area contributed by atoms with Gasteiger partial charge in [-0.2, -0.15) is 0 Å². The summed E-state index contributed by atoms with van der Waals surface area (Å²) in [5, 5.41) is 3.25. The molecule has 1 amide bonds. The SMILES string of the molecule is NC(CC(=O)NC1C2C3CCC(C3)C12)C1CC1. The largest absolute Gasteiger partial charge is 0.353 e. The smallest absolute Gasteiger partial charge is 0.221 e. The zero-order chi connectivity index (χ0) is 11.6. The maximum absolute atomic E-state index is 11.9. The van der Waals surface area contributed by atoms with Gasteiger partial charge in [-0.3, -0.25) is 4.79 Å². The minimum Gasteiger partial charge on any atom is -0.353 e. The Balaban J connectivity index is 1.29. The number of hydrogen-bond acceptors (Lipinski definition) is 2. The molecule has 0 radical (unpaired) electrons. The molecule has 0 aliphatic heterocycles. The van der Waals surface area contributed by atoms with Crippen LogP contribution in [0.15, 0.2) is 0 Å². The molecule has 3 heteroatoms. The quantitative estimate of drug-likeness (QED) is 0.770. The summed E-state index contributed by atoms with van der Waals surface area (Å²) in [6, 6.07) is 0.644. The summed E-state index contributed by atoms with van der Waals surface area (Å²) in [7, 11) is 0. The van der Waals surface area contributed by atoms with Crippen molar-refractivity contribution in [2.45, 2.75) is 50.6 Å². The topological polar surface area (TPSA) is 55.1 Å². The van der Waals surface area contributed by atoms with Crippen LogP contribution in [0.25, 0.3) is 0 Å². The molecule has 4 fully saturated rings. The Labute approximate surface area is 103 Å². The van der Waals surface area contributed by atoms with Gasteiger partial charge >= 0.3 is 0 Å². The number of amides is 1. The molecule has 0 aromatic heterocycles. The molecule has 0 spiro atoms. The van der Waals surface area contributed by atoms with E-state index in [1.807, 2.05) is 0 Å². The number of carbonyl (C=O) groups excluding carboxylic acids is 1. The molecule has 3 N–H and O–H groups in total. The highest BCUT2D eigenvalue weighted by atomic mass is 16.1. The monoisotopic (exact) mass is 234 g/mol. The highest BCUT2D eigenvalue weighted by Gasteiger charge is 2.65. The lowest BCUT2D eigenvalue weighted by atomic mass is 10.0. The number of hydrogen-bond donors (Lipinski definition) is 2. The number of nitrogens with two attached hydrogens (primary N) is 1. The fourth-order valence-corrected chi connectivity index (χ4v) is 4.67. The average molecular weight is 234 g/mol. The summed E-state index contributed by atoms with van der Waals surface area (Å²) < 4.78 is 0. The molecule has 3 nitrogen and oxygen atoms in total. The number of carbonyl (C=O) groups is 1. The van der Waals surface area contributed by atoms with Gasteiger partial charge in [0.2, 0.25) is 5.91 Å². The van der Waals surface area contributed by atoms with Crippen LogP contribution in [0.1, 0.15) is 38.5 Å². The highest BCUT2D eigenvalue weighted by Crippen LogP contribution is 2.65. The van der Waals surface area contributed by atoms with Crippen LogP contribution in [0.2, 0.25) is 0 Å². The lowest BCUT2D eigenvalue weighted by Crippen LogP contribution is -2.35. The first-order chi connectivity index (χ1) is 8.24. The molecule has 4 saturated carbocycles. The van der Waals surface area contributed by atoms with Crippen LogP contribution in [-0.4, -0.2) is 18.0 Å². The van der Waals surface area contributed by atoms with Gasteiger partial charge in [0, 0.05) is 18.5 Å². The zero-order valence-electron chi connectivity index (χ0n) is 10.3.